The predicted octanol–water partition coefficient (Wildman–Crippen LogP) is 0.301. The molecule has 2 saturated heterocycles. The van der Waals surface area contributed by atoms with E-state index >= 15 is 0 Å². The molecule has 2 aliphatic heterocycles. The van der Waals surface area contributed by atoms with E-state index in [1.165, 1.54) is 12.8 Å². The van der Waals surface area contributed by atoms with Gasteiger partial charge in [-0.25, -0.2) is 4.68 Å². The Morgan fingerprint density at radius 1 is 1.23 bits per heavy atom. The quantitative estimate of drug-likeness (QED) is 0.773. The van der Waals surface area contributed by atoms with Crippen LogP contribution < -0.4 is 5.56 Å². The molecule has 1 atom stereocenters. The van der Waals surface area contributed by atoms with Crippen LogP contribution in [-0.2, 0) is 28.9 Å². The van der Waals surface area contributed by atoms with Crippen LogP contribution >= 0.6 is 0 Å². The van der Waals surface area contributed by atoms with Crippen LogP contribution in [0.25, 0.3) is 0 Å². The minimum Gasteiger partial charge on any atom is -0.373 e. The van der Waals surface area contributed by atoms with Crippen LogP contribution in [0.2, 0.25) is 0 Å². The van der Waals surface area contributed by atoms with Crippen LogP contribution in [0.5, 0.6) is 0 Å². The summed E-state index contributed by atoms with van der Waals surface area (Å²) in [5.74, 6) is 0.590. The smallest absolute Gasteiger partial charge is 0.267 e. The number of morpholine rings is 1. The molecule has 0 aromatic carbocycles. The Bertz CT molecular complexity index is 726. The molecule has 7 heteroatoms. The fourth-order valence-electron chi connectivity index (χ4n) is 4.32. The maximum atomic E-state index is 12.3. The summed E-state index contributed by atoms with van der Waals surface area (Å²) in [6, 6.07) is 1.80. The summed E-state index contributed by atoms with van der Waals surface area (Å²) in [5, 5.41) is 4.62. The summed E-state index contributed by atoms with van der Waals surface area (Å²) >= 11 is 0. The highest BCUT2D eigenvalue weighted by Gasteiger charge is 2.32. The summed E-state index contributed by atoms with van der Waals surface area (Å²) in [5.41, 5.74) is 2.31. The van der Waals surface area contributed by atoms with Gasteiger partial charge in [0.05, 0.1) is 24.9 Å². The molecule has 3 aliphatic rings. The van der Waals surface area contributed by atoms with Crippen LogP contribution in [-0.4, -0.2) is 70.9 Å². The molecule has 1 aromatic rings. The molecule has 0 radical (unpaired) electrons. The number of carbonyl (C=O) groups is 1. The molecule has 26 heavy (non-hydrogen) atoms. The van der Waals surface area contributed by atoms with Crippen molar-refractivity contribution in [3.8, 4) is 0 Å². The number of ether oxygens (including phenoxy) is 1. The molecule has 142 valence electrons. The van der Waals surface area contributed by atoms with Gasteiger partial charge in [-0.05, 0) is 31.2 Å². The van der Waals surface area contributed by atoms with Crippen molar-refractivity contribution in [2.24, 2.45) is 5.92 Å². The summed E-state index contributed by atoms with van der Waals surface area (Å²) in [6.07, 6.45) is 4.43. The molecule has 7 nitrogen and oxygen atoms in total. The second kappa shape index (κ2) is 7.48. The van der Waals surface area contributed by atoms with E-state index in [9.17, 15) is 9.59 Å². The molecule has 4 rings (SSSR count). The molecule has 3 heterocycles. The maximum Gasteiger partial charge on any atom is 0.267 e. The van der Waals surface area contributed by atoms with Gasteiger partial charge in [0.1, 0.15) is 0 Å². The highest BCUT2D eigenvalue weighted by atomic mass is 16.5. The lowest BCUT2D eigenvalue weighted by Gasteiger charge is -2.43. The van der Waals surface area contributed by atoms with Gasteiger partial charge < -0.3 is 9.64 Å². The van der Waals surface area contributed by atoms with Crippen molar-refractivity contribution in [2.45, 2.75) is 45.3 Å². The van der Waals surface area contributed by atoms with E-state index in [0.717, 1.165) is 43.7 Å². The Balaban J connectivity index is 1.28. The van der Waals surface area contributed by atoms with Crippen molar-refractivity contribution in [1.29, 1.82) is 0 Å². The van der Waals surface area contributed by atoms with Crippen LogP contribution in [0.15, 0.2) is 10.9 Å². The zero-order chi connectivity index (χ0) is 18.1. The number of nitrogens with zero attached hydrogens (tertiary/aromatic N) is 4. The van der Waals surface area contributed by atoms with Crippen molar-refractivity contribution < 1.29 is 9.53 Å². The van der Waals surface area contributed by atoms with Crippen LogP contribution in [0, 0.1) is 5.92 Å². The van der Waals surface area contributed by atoms with Gasteiger partial charge in [-0.3, -0.25) is 14.5 Å². The monoisotopic (exact) mass is 360 g/mol. The van der Waals surface area contributed by atoms with Crippen molar-refractivity contribution >= 4 is 5.91 Å². The lowest BCUT2D eigenvalue weighted by Crippen LogP contribution is -2.55. The number of aryl methyl sites for hydroxylation is 2. The largest absolute Gasteiger partial charge is 0.373 e. The first-order chi connectivity index (χ1) is 12.6. The number of rotatable bonds is 4. The SMILES string of the molecule is CC(=O)N1CCOC(CN2CC(Cn3nc4c(cc3=O)CCCC4)C2)C1. The summed E-state index contributed by atoms with van der Waals surface area (Å²) in [6.45, 7) is 7.10. The third-order valence-corrected chi connectivity index (χ3v) is 5.78. The Morgan fingerprint density at radius 3 is 2.85 bits per heavy atom. The van der Waals surface area contributed by atoms with Crippen molar-refractivity contribution in [2.75, 3.05) is 39.3 Å². The molecule has 2 fully saturated rings. The molecular formula is C19H28N4O3. The van der Waals surface area contributed by atoms with Crippen LogP contribution in [0.4, 0.5) is 0 Å². The van der Waals surface area contributed by atoms with Gasteiger partial charge in [0.15, 0.2) is 0 Å². The third-order valence-electron chi connectivity index (χ3n) is 5.78. The highest BCUT2D eigenvalue weighted by molar-refractivity contribution is 5.73. The first-order valence-electron chi connectivity index (χ1n) is 9.78. The van der Waals surface area contributed by atoms with Gasteiger partial charge in [-0.1, -0.05) is 0 Å². The molecule has 1 unspecified atom stereocenters. The number of likely N-dealkylation sites (tertiary alicyclic amines) is 1. The van der Waals surface area contributed by atoms with E-state index in [4.69, 9.17) is 4.74 Å². The van der Waals surface area contributed by atoms with E-state index in [-0.39, 0.29) is 17.6 Å². The van der Waals surface area contributed by atoms with Gasteiger partial charge in [0.25, 0.3) is 5.56 Å². The highest BCUT2D eigenvalue weighted by Crippen LogP contribution is 2.20. The number of hydrogen-bond donors (Lipinski definition) is 0. The standard InChI is InChI=1S/C19H28N4O3/c1-14(24)22-6-7-26-17(13-22)12-21-9-15(10-21)11-23-19(25)8-16-4-2-3-5-18(16)20-23/h8,15,17H,2-7,9-13H2,1H3. The van der Waals surface area contributed by atoms with E-state index in [1.807, 2.05) is 4.90 Å². The maximum absolute atomic E-state index is 12.3. The van der Waals surface area contributed by atoms with Gasteiger partial charge in [-0.15, -0.1) is 0 Å². The Kier molecular flexibility index (Phi) is 5.09. The van der Waals surface area contributed by atoms with E-state index in [2.05, 4.69) is 10.00 Å². The molecule has 0 saturated carbocycles. The molecular weight excluding hydrogens is 332 g/mol. The van der Waals surface area contributed by atoms with Gasteiger partial charge >= 0.3 is 0 Å². The Morgan fingerprint density at radius 2 is 2.04 bits per heavy atom. The summed E-state index contributed by atoms with van der Waals surface area (Å²) in [4.78, 5) is 28.0. The lowest BCUT2D eigenvalue weighted by atomic mass is 9.96. The average molecular weight is 360 g/mol. The number of amides is 1. The molecule has 1 aliphatic carbocycles. The number of fused-ring (bicyclic) bond motifs is 1. The minimum atomic E-state index is 0.0387. The molecule has 1 aromatic heterocycles. The lowest BCUT2D eigenvalue weighted by molar-refractivity contribution is -0.138. The second-order valence-corrected chi connectivity index (χ2v) is 7.89. The number of carbonyl (C=O) groups excluding carboxylic acids is 1. The normalized spacial score (nSPS) is 24.2. The van der Waals surface area contributed by atoms with Gasteiger partial charge in [-0.2, -0.15) is 5.10 Å². The zero-order valence-electron chi connectivity index (χ0n) is 15.5. The van der Waals surface area contributed by atoms with E-state index in [0.29, 0.717) is 32.2 Å². The summed E-state index contributed by atoms with van der Waals surface area (Å²) in [7, 11) is 0. The van der Waals surface area contributed by atoms with E-state index < -0.39 is 0 Å². The first-order valence-corrected chi connectivity index (χ1v) is 9.78. The third kappa shape index (κ3) is 3.83. The van der Waals surface area contributed by atoms with Crippen LogP contribution in [0.3, 0.4) is 0 Å². The van der Waals surface area contributed by atoms with Crippen LogP contribution in [0.1, 0.15) is 31.0 Å². The molecule has 1 amide bonds. The molecule has 0 bridgehead atoms. The Labute approximate surface area is 153 Å². The first kappa shape index (κ1) is 17.7. The van der Waals surface area contributed by atoms with Crippen molar-refractivity contribution in [3.63, 3.8) is 0 Å². The topological polar surface area (TPSA) is 67.7 Å². The second-order valence-electron chi connectivity index (χ2n) is 7.89. The summed E-state index contributed by atoms with van der Waals surface area (Å²) < 4.78 is 7.46. The molecule has 0 N–H and O–H groups in total. The van der Waals surface area contributed by atoms with Crippen molar-refractivity contribution in [3.05, 3.63) is 27.7 Å². The minimum absolute atomic E-state index is 0.0387. The van der Waals surface area contributed by atoms with E-state index in [1.54, 1.807) is 17.7 Å². The number of aromatic nitrogens is 2. The average Bonchev–Trinajstić information content (AvgIpc) is 2.60. The predicted molar refractivity (Wildman–Crippen MR) is 97.1 cm³/mol. The Hall–Kier alpha value is -1.73. The van der Waals surface area contributed by atoms with Crippen molar-refractivity contribution in [1.82, 2.24) is 19.6 Å². The number of hydrogen-bond acceptors (Lipinski definition) is 5. The fraction of sp³-hybridized carbons (Fsp3) is 0.737. The fourth-order valence-corrected chi connectivity index (χ4v) is 4.32. The van der Waals surface area contributed by atoms with Gasteiger partial charge in [0.2, 0.25) is 5.91 Å². The zero-order valence-corrected chi connectivity index (χ0v) is 15.5. The molecule has 0 spiro atoms. The van der Waals surface area contributed by atoms with Gasteiger partial charge in [0, 0.05) is 51.6 Å².